The van der Waals surface area contributed by atoms with Crippen LogP contribution in [0.2, 0.25) is 0 Å². The van der Waals surface area contributed by atoms with Gasteiger partial charge in [0.1, 0.15) is 17.2 Å². The molecular weight excluding hydrogens is 540 g/mol. The molecular formula is C35H32N4O4. The van der Waals surface area contributed by atoms with Gasteiger partial charge in [-0.15, -0.1) is 0 Å². The second-order valence-electron chi connectivity index (χ2n) is 11.0. The summed E-state index contributed by atoms with van der Waals surface area (Å²) >= 11 is 0. The molecule has 8 nitrogen and oxygen atoms in total. The van der Waals surface area contributed by atoms with E-state index in [9.17, 15) is 9.59 Å². The molecule has 5 aromatic rings. The van der Waals surface area contributed by atoms with Gasteiger partial charge in [-0.3, -0.25) is 9.59 Å². The third-order valence-corrected chi connectivity index (χ3v) is 8.16. The van der Waals surface area contributed by atoms with Crippen molar-refractivity contribution in [2.24, 2.45) is 0 Å². The maximum atomic E-state index is 14.1. The number of fused-ring (bicyclic) bond motifs is 2. The molecule has 1 aromatic heterocycles. The second kappa shape index (κ2) is 11.6. The SMILES string of the molecule is O=C1CCc2ccc(cc2)Oc2ccc3c(c2)CCN(C(=O)c2ccc4nc[nH]c4c2)C3c2cccc(c2)OCCCN1. The molecule has 8 bridgehead atoms. The highest BCUT2D eigenvalue weighted by Gasteiger charge is 2.33. The molecule has 43 heavy (non-hydrogen) atoms. The van der Waals surface area contributed by atoms with E-state index in [0.29, 0.717) is 50.9 Å². The Kier molecular flexibility index (Phi) is 7.25. The van der Waals surface area contributed by atoms with Crippen molar-refractivity contribution in [3.05, 3.63) is 119 Å². The average molecular weight is 573 g/mol. The zero-order valence-corrected chi connectivity index (χ0v) is 23.7. The molecule has 0 spiro atoms. The van der Waals surface area contributed by atoms with Crippen molar-refractivity contribution in [3.63, 3.8) is 0 Å². The number of imidazole rings is 1. The van der Waals surface area contributed by atoms with Gasteiger partial charge in [0, 0.05) is 25.1 Å². The summed E-state index contributed by atoms with van der Waals surface area (Å²) in [6.07, 6.45) is 4.13. The maximum absolute atomic E-state index is 14.1. The molecule has 2 N–H and O–H groups in total. The van der Waals surface area contributed by atoms with Crippen molar-refractivity contribution in [2.75, 3.05) is 19.7 Å². The van der Waals surface area contributed by atoms with Gasteiger partial charge in [-0.2, -0.15) is 0 Å². The van der Waals surface area contributed by atoms with Crippen molar-refractivity contribution in [1.29, 1.82) is 0 Å². The van der Waals surface area contributed by atoms with E-state index in [0.717, 1.165) is 50.5 Å². The number of aryl methyl sites for hydroxylation is 1. The Labute approximate surface area is 249 Å². The van der Waals surface area contributed by atoms with Crippen molar-refractivity contribution < 1.29 is 19.1 Å². The molecule has 4 aliphatic heterocycles. The molecule has 0 fully saturated rings. The summed E-state index contributed by atoms with van der Waals surface area (Å²) in [4.78, 5) is 35.8. The Balaban J connectivity index is 1.26. The predicted molar refractivity (Wildman–Crippen MR) is 164 cm³/mol. The van der Waals surface area contributed by atoms with E-state index >= 15 is 0 Å². The summed E-state index contributed by atoms with van der Waals surface area (Å²) in [5, 5.41) is 2.99. The third-order valence-electron chi connectivity index (χ3n) is 8.16. The predicted octanol–water partition coefficient (Wildman–Crippen LogP) is 5.97. The highest BCUT2D eigenvalue weighted by molar-refractivity contribution is 5.98. The van der Waals surface area contributed by atoms with Crippen LogP contribution in [0.3, 0.4) is 0 Å². The molecule has 9 rings (SSSR count). The van der Waals surface area contributed by atoms with Crippen molar-refractivity contribution in [1.82, 2.24) is 20.2 Å². The number of hydrogen-bond donors (Lipinski definition) is 2. The number of rotatable bonds is 1. The van der Waals surface area contributed by atoms with Crippen molar-refractivity contribution >= 4 is 22.8 Å². The fourth-order valence-corrected chi connectivity index (χ4v) is 5.95. The lowest BCUT2D eigenvalue weighted by molar-refractivity contribution is -0.121. The first-order valence-corrected chi connectivity index (χ1v) is 14.7. The number of carbonyl (C=O) groups excluding carboxylic acids is 2. The van der Waals surface area contributed by atoms with Gasteiger partial charge >= 0.3 is 0 Å². The fraction of sp³-hybridized carbons (Fsp3) is 0.229. The van der Waals surface area contributed by atoms with Gasteiger partial charge < -0.3 is 24.7 Å². The molecule has 0 saturated carbocycles. The number of aromatic nitrogens is 2. The van der Waals surface area contributed by atoms with E-state index in [2.05, 4.69) is 27.4 Å². The number of nitrogens with one attached hydrogen (secondary N) is 2. The number of H-pyrrole nitrogens is 1. The lowest BCUT2D eigenvalue weighted by Gasteiger charge is -2.38. The van der Waals surface area contributed by atoms with Crippen molar-refractivity contribution in [3.8, 4) is 17.2 Å². The maximum Gasteiger partial charge on any atom is 0.254 e. The average Bonchev–Trinajstić information content (AvgIpc) is 3.51. The molecule has 4 aromatic carbocycles. The molecule has 0 saturated heterocycles. The van der Waals surface area contributed by atoms with Gasteiger partial charge in [-0.05, 0) is 96.1 Å². The van der Waals surface area contributed by atoms with Gasteiger partial charge in [0.05, 0.1) is 30.0 Å². The Hall–Kier alpha value is -5.11. The number of benzene rings is 4. The lowest BCUT2D eigenvalue weighted by atomic mass is 9.87. The van der Waals surface area contributed by atoms with E-state index in [1.165, 1.54) is 0 Å². The molecule has 1 atom stereocenters. The normalized spacial score (nSPS) is 17.1. The summed E-state index contributed by atoms with van der Waals surface area (Å²) in [5.41, 5.74) is 6.53. The number of aromatic amines is 1. The van der Waals surface area contributed by atoms with E-state index < -0.39 is 0 Å². The van der Waals surface area contributed by atoms with Crippen LogP contribution >= 0.6 is 0 Å². The summed E-state index contributed by atoms with van der Waals surface area (Å²) in [6.45, 7) is 1.58. The van der Waals surface area contributed by atoms with Crippen LogP contribution in [0.15, 0.2) is 91.3 Å². The molecule has 1 unspecified atom stereocenters. The summed E-state index contributed by atoms with van der Waals surface area (Å²) in [7, 11) is 0. The zero-order valence-electron chi connectivity index (χ0n) is 23.7. The largest absolute Gasteiger partial charge is 0.494 e. The van der Waals surface area contributed by atoms with Crippen LogP contribution in [-0.2, 0) is 17.6 Å². The molecule has 4 aliphatic rings. The smallest absolute Gasteiger partial charge is 0.254 e. The first-order chi connectivity index (χ1) is 21.1. The quantitative estimate of drug-likeness (QED) is 0.258. The number of carbonyl (C=O) groups is 2. The highest BCUT2D eigenvalue weighted by atomic mass is 16.5. The van der Waals surface area contributed by atoms with Gasteiger partial charge in [0.15, 0.2) is 0 Å². The van der Waals surface area contributed by atoms with Gasteiger partial charge in [0.25, 0.3) is 5.91 Å². The topological polar surface area (TPSA) is 96.5 Å². The molecule has 0 radical (unpaired) electrons. The van der Waals surface area contributed by atoms with Gasteiger partial charge in [-0.25, -0.2) is 4.98 Å². The summed E-state index contributed by atoms with van der Waals surface area (Å²) in [5.74, 6) is 2.20. The standard InChI is InChI=1S/C35H32N4O4/c40-33-14-7-23-5-9-27(10-6-23)43-29-11-12-30-24(19-29)15-17-39(35(41)26-8-13-31-32(21-26)38-22-37-31)34(30)25-3-1-4-28(20-25)42-18-2-16-36-33/h1,3-6,8-13,19-22,34H,2,7,14-18H2,(H,36,40)(H,37,38). The van der Waals surface area contributed by atoms with Crippen LogP contribution < -0.4 is 14.8 Å². The minimum atomic E-state index is -0.306. The van der Waals surface area contributed by atoms with E-state index in [4.69, 9.17) is 9.47 Å². The Morgan fingerprint density at radius 2 is 1.77 bits per heavy atom. The van der Waals surface area contributed by atoms with Crippen LogP contribution in [-0.4, -0.2) is 46.4 Å². The van der Waals surface area contributed by atoms with E-state index in [1.807, 2.05) is 77.7 Å². The summed E-state index contributed by atoms with van der Waals surface area (Å²) in [6, 6.07) is 27.3. The molecule has 216 valence electrons. The minimum absolute atomic E-state index is 0.0262. The van der Waals surface area contributed by atoms with Crippen LogP contribution in [0, 0.1) is 0 Å². The zero-order chi connectivity index (χ0) is 29.2. The van der Waals surface area contributed by atoms with Gasteiger partial charge in [-0.1, -0.05) is 30.3 Å². The number of ether oxygens (including phenoxy) is 2. The second-order valence-corrected chi connectivity index (χ2v) is 11.0. The monoisotopic (exact) mass is 572 g/mol. The Morgan fingerprint density at radius 3 is 2.67 bits per heavy atom. The van der Waals surface area contributed by atoms with Crippen molar-refractivity contribution in [2.45, 2.75) is 31.7 Å². The minimum Gasteiger partial charge on any atom is -0.494 e. The van der Waals surface area contributed by atoms with E-state index in [1.54, 1.807) is 6.33 Å². The molecule has 2 amide bonds. The van der Waals surface area contributed by atoms with Crippen LogP contribution in [0.1, 0.15) is 51.5 Å². The fourth-order valence-electron chi connectivity index (χ4n) is 5.95. The molecule has 0 aliphatic carbocycles. The lowest BCUT2D eigenvalue weighted by Crippen LogP contribution is -2.40. The summed E-state index contributed by atoms with van der Waals surface area (Å²) < 4.78 is 12.3. The van der Waals surface area contributed by atoms with Crippen LogP contribution in [0.4, 0.5) is 0 Å². The Bertz CT molecular complexity index is 1800. The Morgan fingerprint density at radius 1 is 0.884 bits per heavy atom. The number of amides is 2. The first kappa shape index (κ1) is 26.8. The first-order valence-electron chi connectivity index (χ1n) is 14.7. The number of hydrogen-bond acceptors (Lipinski definition) is 5. The highest BCUT2D eigenvalue weighted by Crippen LogP contribution is 2.39. The van der Waals surface area contributed by atoms with Crippen LogP contribution in [0.25, 0.3) is 11.0 Å². The number of nitrogens with zero attached hydrogens (tertiary/aromatic N) is 2. The van der Waals surface area contributed by atoms with E-state index in [-0.39, 0.29) is 17.9 Å². The van der Waals surface area contributed by atoms with Crippen LogP contribution in [0.5, 0.6) is 17.2 Å². The molecule has 8 heteroatoms. The van der Waals surface area contributed by atoms with Gasteiger partial charge in [0.2, 0.25) is 5.91 Å². The third kappa shape index (κ3) is 5.68. The molecule has 5 heterocycles.